The molecule has 0 unspecified atom stereocenters. The van der Waals surface area contributed by atoms with Crippen LogP contribution in [-0.2, 0) is 14.2 Å². The Morgan fingerprint density at radius 3 is 1.80 bits per heavy atom. The second-order valence-electron chi connectivity index (χ2n) is 4.46. The zero-order valence-corrected chi connectivity index (χ0v) is 11.8. The van der Waals surface area contributed by atoms with Crippen molar-refractivity contribution in [1.29, 1.82) is 0 Å². The monoisotopic (exact) mass is 234 g/mol. The number of hydrogen-bond acceptors (Lipinski definition) is 3. The molecule has 0 aromatic heterocycles. The minimum atomic E-state index is -0.828. The lowest BCUT2D eigenvalue weighted by Gasteiger charge is -2.29. The van der Waals surface area contributed by atoms with E-state index in [0.717, 1.165) is 23.5 Å². The predicted octanol–water partition coefficient (Wildman–Crippen LogP) is 0.756. The van der Waals surface area contributed by atoms with Crippen LogP contribution in [0.1, 0.15) is 6.42 Å². The molecule has 0 atom stereocenters. The molecular weight excluding hydrogens is 210 g/mol. The third-order valence-electron chi connectivity index (χ3n) is 2.15. The number of ether oxygens (including phenoxy) is 3. The van der Waals surface area contributed by atoms with Crippen molar-refractivity contribution in [3.05, 3.63) is 0 Å². The summed E-state index contributed by atoms with van der Waals surface area (Å²) in [5.74, 6) is 0. The third-order valence-corrected chi connectivity index (χ3v) is 3.80. The summed E-state index contributed by atoms with van der Waals surface area (Å²) in [5.41, 5.74) is -0.828. The largest absolute Gasteiger partial charge is 0.335 e. The highest BCUT2D eigenvalue weighted by Crippen LogP contribution is 2.13. The van der Waals surface area contributed by atoms with E-state index in [1.54, 1.807) is 21.3 Å². The zero-order valence-electron chi connectivity index (χ0n) is 10.8. The maximum atomic E-state index is 5.23. The summed E-state index contributed by atoms with van der Waals surface area (Å²) in [4.78, 5) is 0. The lowest BCUT2D eigenvalue weighted by molar-refractivity contribution is -0.870. The highest BCUT2D eigenvalue weighted by molar-refractivity contribution is 6.38. The SMILES string of the molecule is COC(OC)(OC)[Si]CCC[N+](C)(C)C. The number of hydrogen-bond donors (Lipinski definition) is 0. The summed E-state index contributed by atoms with van der Waals surface area (Å²) in [6.07, 6.45) is 1.15. The Kier molecular flexibility index (Phi) is 6.62. The molecule has 0 N–H and O–H groups in total. The van der Waals surface area contributed by atoms with Gasteiger partial charge in [-0.25, -0.2) is 0 Å². The summed E-state index contributed by atoms with van der Waals surface area (Å²) in [6.45, 7) is 1.15. The molecule has 0 fully saturated rings. The molecule has 0 saturated carbocycles. The molecule has 2 radical (unpaired) electrons. The number of rotatable bonds is 8. The molecular formula is C10H24NO3Si+. The molecule has 0 saturated heterocycles. The molecule has 0 aliphatic carbocycles. The molecule has 0 rings (SSSR count). The Balaban J connectivity index is 3.82. The molecule has 5 heteroatoms. The number of nitrogens with zero attached hydrogens (tertiary/aromatic N) is 1. The summed E-state index contributed by atoms with van der Waals surface area (Å²) < 4.78 is 16.7. The number of quaternary nitrogens is 1. The van der Waals surface area contributed by atoms with Crippen LogP contribution in [0.15, 0.2) is 0 Å². The summed E-state index contributed by atoms with van der Waals surface area (Å²) in [7, 11) is 11.9. The average molecular weight is 234 g/mol. The van der Waals surface area contributed by atoms with E-state index in [2.05, 4.69) is 21.1 Å². The highest BCUT2D eigenvalue weighted by atomic mass is 28.2. The van der Waals surface area contributed by atoms with E-state index < -0.39 is 5.60 Å². The maximum Gasteiger partial charge on any atom is 0.250 e. The molecule has 0 amide bonds. The van der Waals surface area contributed by atoms with Gasteiger partial charge in [0.1, 0.15) is 0 Å². The second-order valence-corrected chi connectivity index (χ2v) is 5.93. The Labute approximate surface area is 95.9 Å². The van der Waals surface area contributed by atoms with Gasteiger partial charge >= 0.3 is 0 Å². The first-order valence-corrected chi connectivity index (χ1v) is 6.31. The highest BCUT2D eigenvalue weighted by Gasteiger charge is 2.29. The van der Waals surface area contributed by atoms with Crippen molar-refractivity contribution in [2.45, 2.75) is 18.1 Å². The quantitative estimate of drug-likeness (QED) is 0.268. The van der Waals surface area contributed by atoms with Gasteiger partial charge in [0, 0.05) is 21.3 Å². The lowest BCUT2D eigenvalue weighted by Crippen LogP contribution is -2.43. The normalized spacial score (nSPS) is 13.2. The van der Waals surface area contributed by atoms with Crippen LogP contribution in [0.5, 0.6) is 0 Å². The van der Waals surface area contributed by atoms with Crippen molar-refractivity contribution in [2.75, 3.05) is 49.0 Å². The van der Waals surface area contributed by atoms with E-state index >= 15 is 0 Å². The summed E-state index contributed by atoms with van der Waals surface area (Å²) in [5, 5.41) is 0. The van der Waals surface area contributed by atoms with Crippen LogP contribution in [-0.4, -0.2) is 68.6 Å². The van der Waals surface area contributed by atoms with Gasteiger partial charge in [-0.3, -0.25) is 0 Å². The Morgan fingerprint density at radius 2 is 1.47 bits per heavy atom. The smallest absolute Gasteiger partial charge is 0.250 e. The molecule has 0 spiro atoms. The number of methoxy groups -OCH3 is 3. The van der Waals surface area contributed by atoms with Gasteiger partial charge in [0.25, 0.3) is 5.60 Å². The van der Waals surface area contributed by atoms with Gasteiger partial charge in [-0.1, -0.05) is 0 Å². The molecule has 0 aliphatic rings. The average Bonchev–Trinajstić information content (AvgIpc) is 2.18. The lowest BCUT2D eigenvalue weighted by atomic mass is 10.4. The van der Waals surface area contributed by atoms with Crippen LogP contribution in [0.25, 0.3) is 0 Å². The first-order chi connectivity index (χ1) is 6.89. The first-order valence-electron chi connectivity index (χ1n) is 5.10. The van der Waals surface area contributed by atoms with Crippen LogP contribution in [0, 0.1) is 0 Å². The molecule has 0 bridgehead atoms. The predicted molar refractivity (Wildman–Crippen MR) is 61.8 cm³/mol. The van der Waals surface area contributed by atoms with E-state index in [1.165, 1.54) is 0 Å². The molecule has 90 valence electrons. The van der Waals surface area contributed by atoms with Crippen molar-refractivity contribution in [2.24, 2.45) is 0 Å². The fraction of sp³-hybridized carbons (Fsp3) is 1.00. The van der Waals surface area contributed by atoms with E-state index in [-0.39, 0.29) is 0 Å². The van der Waals surface area contributed by atoms with Crippen LogP contribution in [0.4, 0.5) is 0 Å². The van der Waals surface area contributed by atoms with E-state index in [1.807, 2.05) is 0 Å². The molecule has 0 aromatic carbocycles. The standard InChI is InChI=1S/C10H24NO3Si/c1-11(2,3)8-7-9-15-10(12-4,13-5)14-6/h7-9H2,1-6H3/q+1. The van der Waals surface area contributed by atoms with Gasteiger partial charge in [0.15, 0.2) is 9.52 Å². The minimum absolute atomic E-state index is 0.503. The van der Waals surface area contributed by atoms with Crippen molar-refractivity contribution in [3.63, 3.8) is 0 Å². The topological polar surface area (TPSA) is 27.7 Å². The van der Waals surface area contributed by atoms with E-state index in [0.29, 0.717) is 9.52 Å². The second kappa shape index (κ2) is 6.60. The molecule has 0 heterocycles. The van der Waals surface area contributed by atoms with E-state index in [9.17, 15) is 0 Å². The van der Waals surface area contributed by atoms with Gasteiger partial charge in [0.2, 0.25) is 0 Å². The Hall–Kier alpha value is 0.0569. The fourth-order valence-electron chi connectivity index (χ4n) is 1.26. The van der Waals surface area contributed by atoms with Crippen LogP contribution in [0.2, 0.25) is 6.04 Å². The van der Waals surface area contributed by atoms with Crippen LogP contribution in [0.3, 0.4) is 0 Å². The zero-order chi connectivity index (χ0) is 11.9. The molecule has 0 aromatic rings. The van der Waals surface area contributed by atoms with Crippen molar-refractivity contribution in [3.8, 4) is 0 Å². The van der Waals surface area contributed by atoms with Crippen molar-refractivity contribution < 1.29 is 18.7 Å². The fourth-order valence-corrected chi connectivity index (χ4v) is 2.34. The van der Waals surface area contributed by atoms with Gasteiger partial charge in [-0.05, 0) is 12.5 Å². The van der Waals surface area contributed by atoms with Crippen molar-refractivity contribution in [1.82, 2.24) is 0 Å². The third kappa shape index (κ3) is 6.27. The Bertz CT molecular complexity index is 158. The van der Waals surface area contributed by atoms with Gasteiger partial charge in [-0.2, -0.15) is 0 Å². The molecule has 4 nitrogen and oxygen atoms in total. The van der Waals surface area contributed by atoms with Gasteiger partial charge < -0.3 is 18.7 Å². The van der Waals surface area contributed by atoms with E-state index in [4.69, 9.17) is 14.2 Å². The summed E-state index contributed by atoms with van der Waals surface area (Å²) in [6, 6.07) is 1.06. The van der Waals surface area contributed by atoms with Gasteiger partial charge in [-0.15, -0.1) is 0 Å². The Morgan fingerprint density at radius 1 is 1.00 bits per heavy atom. The molecule has 15 heavy (non-hydrogen) atoms. The van der Waals surface area contributed by atoms with Gasteiger partial charge in [0.05, 0.1) is 27.7 Å². The first kappa shape index (κ1) is 15.1. The van der Waals surface area contributed by atoms with Crippen LogP contribution < -0.4 is 0 Å². The molecule has 0 aliphatic heterocycles. The minimum Gasteiger partial charge on any atom is -0.335 e. The maximum absolute atomic E-state index is 5.23. The van der Waals surface area contributed by atoms with Crippen molar-refractivity contribution >= 4 is 9.52 Å². The summed E-state index contributed by atoms with van der Waals surface area (Å²) >= 11 is 0. The van der Waals surface area contributed by atoms with Crippen LogP contribution >= 0.6 is 0 Å².